The zero-order chi connectivity index (χ0) is 10.4. The Morgan fingerprint density at radius 1 is 1.13 bits per heavy atom. The standard InChI is InChI=1S/C11H5Cl2NS/c12-6-1-2-7-9(5-6)15-11-8(13)3-4-14-10(7)11/h1-5H. The number of aromatic nitrogens is 1. The van der Waals surface area contributed by atoms with Crippen LogP contribution in [0.15, 0.2) is 30.5 Å². The van der Waals surface area contributed by atoms with Gasteiger partial charge in [-0.3, -0.25) is 4.98 Å². The second-order valence-electron chi connectivity index (χ2n) is 3.21. The van der Waals surface area contributed by atoms with E-state index < -0.39 is 0 Å². The lowest BCUT2D eigenvalue weighted by Gasteiger charge is -1.91. The minimum absolute atomic E-state index is 0.741. The van der Waals surface area contributed by atoms with E-state index in [0.717, 1.165) is 30.3 Å². The SMILES string of the molecule is Clc1ccc2c(c1)sc1c(Cl)ccnc12. The van der Waals surface area contributed by atoms with E-state index >= 15 is 0 Å². The molecule has 4 heteroatoms. The summed E-state index contributed by atoms with van der Waals surface area (Å²) in [4.78, 5) is 4.34. The predicted molar refractivity (Wildman–Crippen MR) is 67.1 cm³/mol. The Hall–Kier alpha value is -0.830. The maximum absolute atomic E-state index is 6.11. The van der Waals surface area contributed by atoms with Crippen LogP contribution in [0.5, 0.6) is 0 Å². The van der Waals surface area contributed by atoms with Crippen LogP contribution in [-0.2, 0) is 0 Å². The third-order valence-corrected chi connectivity index (χ3v) is 4.10. The van der Waals surface area contributed by atoms with E-state index in [1.54, 1.807) is 23.6 Å². The maximum Gasteiger partial charge on any atom is 0.0903 e. The summed E-state index contributed by atoms with van der Waals surface area (Å²) >= 11 is 13.7. The molecular weight excluding hydrogens is 249 g/mol. The number of nitrogens with zero attached hydrogens (tertiary/aromatic N) is 1. The summed E-state index contributed by atoms with van der Waals surface area (Å²) in [6.07, 6.45) is 1.73. The van der Waals surface area contributed by atoms with E-state index in [4.69, 9.17) is 23.2 Å². The summed E-state index contributed by atoms with van der Waals surface area (Å²) in [5.41, 5.74) is 0.958. The second-order valence-corrected chi connectivity index (χ2v) is 5.11. The van der Waals surface area contributed by atoms with Gasteiger partial charge in [0.2, 0.25) is 0 Å². The largest absolute Gasteiger partial charge is 0.255 e. The molecule has 0 atom stereocenters. The fraction of sp³-hybridized carbons (Fsp3) is 0. The van der Waals surface area contributed by atoms with Crippen molar-refractivity contribution in [3.8, 4) is 0 Å². The molecule has 0 unspecified atom stereocenters. The molecule has 0 spiro atoms. The van der Waals surface area contributed by atoms with Crippen LogP contribution in [0.3, 0.4) is 0 Å². The van der Waals surface area contributed by atoms with Gasteiger partial charge >= 0.3 is 0 Å². The quantitative estimate of drug-likeness (QED) is 0.563. The van der Waals surface area contributed by atoms with Gasteiger partial charge in [-0.2, -0.15) is 0 Å². The molecule has 1 aromatic carbocycles. The van der Waals surface area contributed by atoms with Crippen LogP contribution >= 0.6 is 34.5 Å². The van der Waals surface area contributed by atoms with Crippen molar-refractivity contribution >= 4 is 54.8 Å². The molecule has 0 radical (unpaired) electrons. The molecule has 0 N–H and O–H groups in total. The van der Waals surface area contributed by atoms with Gasteiger partial charge in [-0.05, 0) is 24.3 Å². The van der Waals surface area contributed by atoms with Crippen LogP contribution in [-0.4, -0.2) is 4.98 Å². The molecule has 0 bridgehead atoms. The van der Waals surface area contributed by atoms with Crippen LogP contribution in [0.2, 0.25) is 10.0 Å². The fourth-order valence-corrected chi connectivity index (χ4v) is 3.20. The topological polar surface area (TPSA) is 12.9 Å². The number of hydrogen-bond acceptors (Lipinski definition) is 2. The highest BCUT2D eigenvalue weighted by molar-refractivity contribution is 7.26. The third kappa shape index (κ3) is 1.41. The third-order valence-electron chi connectivity index (χ3n) is 2.27. The van der Waals surface area contributed by atoms with Gasteiger partial charge in [-0.1, -0.05) is 23.2 Å². The molecule has 0 aliphatic carbocycles. The molecule has 0 aliphatic heterocycles. The fourth-order valence-electron chi connectivity index (χ4n) is 1.60. The van der Waals surface area contributed by atoms with E-state index in [-0.39, 0.29) is 0 Å². The average molecular weight is 254 g/mol. The van der Waals surface area contributed by atoms with E-state index in [1.807, 2.05) is 18.2 Å². The molecule has 2 heterocycles. The zero-order valence-corrected chi connectivity index (χ0v) is 9.83. The predicted octanol–water partition coefficient (Wildman–Crippen LogP) is 4.76. The van der Waals surface area contributed by atoms with Gasteiger partial charge in [0.15, 0.2) is 0 Å². The molecule has 3 aromatic rings. The van der Waals surface area contributed by atoms with Crippen LogP contribution < -0.4 is 0 Å². The summed E-state index contributed by atoms with van der Waals surface area (Å²) in [5.74, 6) is 0. The molecule has 0 aliphatic rings. The van der Waals surface area contributed by atoms with Crippen molar-refractivity contribution in [1.29, 1.82) is 0 Å². The monoisotopic (exact) mass is 253 g/mol. The molecule has 0 amide bonds. The van der Waals surface area contributed by atoms with Crippen molar-refractivity contribution in [3.05, 3.63) is 40.5 Å². The molecule has 3 rings (SSSR count). The van der Waals surface area contributed by atoms with E-state index in [9.17, 15) is 0 Å². The van der Waals surface area contributed by atoms with Crippen molar-refractivity contribution in [2.45, 2.75) is 0 Å². The Bertz CT molecular complexity index is 660. The van der Waals surface area contributed by atoms with Crippen LogP contribution in [0.25, 0.3) is 20.3 Å². The second kappa shape index (κ2) is 3.34. The Morgan fingerprint density at radius 2 is 2.00 bits per heavy atom. The summed E-state index contributed by atoms with van der Waals surface area (Å²) in [5, 5.41) is 2.60. The molecule has 74 valence electrons. The first kappa shape index (κ1) is 9.40. The van der Waals surface area contributed by atoms with Gasteiger partial charge in [0.05, 0.1) is 15.2 Å². The van der Waals surface area contributed by atoms with Crippen molar-refractivity contribution in [2.75, 3.05) is 0 Å². The molecule has 0 fully saturated rings. The van der Waals surface area contributed by atoms with E-state index in [0.29, 0.717) is 0 Å². The van der Waals surface area contributed by atoms with Gasteiger partial charge in [0, 0.05) is 21.3 Å². The normalized spacial score (nSPS) is 11.3. The first-order valence-corrected chi connectivity index (χ1v) is 5.95. The van der Waals surface area contributed by atoms with Crippen molar-refractivity contribution in [1.82, 2.24) is 4.98 Å². The lowest BCUT2D eigenvalue weighted by molar-refractivity contribution is 1.44. The highest BCUT2D eigenvalue weighted by Crippen LogP contribution is 2.37. The Kier molecular flexibility index (Phi) is 2.09. The number of thiophene rings is 1. The molecule has 2 aromatic heterocycles. The first-order chi connectivity index (χ1) is 7.25. The lowest BCUT2D eigenvalue weighted by atomic mass is 10.2. The Morgan fingerprint density at radius 3 is 2.87 bits per heavy atom. The lowest BCUT2D eigenvalue weighted by Crippen LogP contribution is -1.72. The van der Waals surface area contributed by atoms with Gasteiger partial charge in [0.1, 0.15) is 0 Å². The maximum atomic E-state index is 6.11. The molecular formula is C11H5Cl2NS. The van der Waals surface area contributed by atoms with Crippen LogP contribution in [0.1, 0.15) is 0 Å². The van der Waals surface area contributed by atoms with Gasteiger partial charge in [-0.15, -0.1) is 11.3 Å². The Balaban J connectivity index is 2.57. The molecule has 0 saturated carbocycles. The van der Waals surface area contributed by atoms with Crippen LogP contribution in [0, 0.1) is 0 Å². The number of fused-ring (bicyclic) bond motifs is 3. The molecule has 15 heavy (non-hydrogen) atoms. The number of rotatable bonds is 0. The summed E-state index contributed by atoms with van der Waals surface area (Å²) < 4.78 is 2.15. The van der Waals surface area contributed by atoms with Crippen LogP contribution in [0.4, 0.5) is 0 Å². The summed E-state index contributed by atoms with van der Waals surface area (Å²) in [7, 11) is 0. The highest BCUT2D eigenvalue weighted by atomic mass is 35.5. The zero-order valence-electron chi connectivity index (χ0n) is 7.50. The van der Waals surface area contributed by atoms with Gasteiger partial charge in [-0.25, -0.2) is 0 Å². The highest BCUT2D eigenvalue weighted by Gasteiger charge is 2.08. The number of halogens is 2. The minimum atomic E-state index is 0.741. The van der Waals surface area contributed by atoms with Gasteiger partial charge < -0.3 is 0 Å². The molecule has 0 saturated heterocycles. The number of hydrogen-bond donors (Lipinski definition) is 0. The van der Waals surface area contributed by atoms with E-state index in [2.05, 4.69) is 4.98 Å². The average Bonchev–Trinajstić information content (AvgIpc) is 2.57. The van der Waals surface area contributed by atoms with Gasteiger partial charge in [0.25, 0.3) is 0 Å². The number of benzene rings is 1. The van der Waals surface area contributed by atoms with Crippen molar-refractivity contribution in [3.63, 3.8) is 0 Å². The Labute approximate surface area is 100 Å². The van der Waals surface area contributed by atoms with Crippen molar-refractivity contribution in [2.24, 2.45) is 0 Å². The summed E-state index contributed by atoms with van der Waals surface area (Å²) in [6.45, 7) is 0. The summed E-state index contributed by atoms with van der Waals surface area (Å²) in [6, 6.07) is 7.61. The first-order valence-electron chi connectivity index (χ1n) is 4.38. The number of pyridine rings is 1. The van der Waals surface area contributed by atoms with E-state index in [1.165, 1.54) is 0 Å². The smallest absolute Gasteiger partial charge is 0.0903 e. The van der Waals surface area contributed by atoms with Crippen molar-refractivity contribution < 1.29 is 0 Å². The molecule has 1 nitrogen and oxygen atoms in total. The minimum Gasteiger partial charge on any atom is -0.255 e.